The van der Waals surface area contributed by atoms with Crippen LogP contribution in [0, 0.1) is 0 Å². The standard InChI is InChI=1S/C19H20O/c1-15(14-20-17-10-3-2-4-11-17)18-13-7-9-16-8-5-6-12-19(16)18/h2-6,8,10-12,14,18H,7,9,13H2,1H3. The van der Waals surface area contributed by atoms with Crippen LogP contribution in [0.15, 0.2) is 66.4 Å². The van der Waals surface area contributed by atoms with Crippen molar-refractivity contribution in [3.63, 3.8) is 0 Å². The van der Waals surface area contributed by atoms with Crippen molar-refractivity contribution in [3.8, 4) is 5.75 Å². The van der Waals surface area contributed by atoms with E-state index in [0.717, 1.165) is 5.75 Å². The summed E-state index contributed by atoms with van der Waals surface area (Å²) in [5.74, 6) is 1.40. The van der Waals surface area contributed by atoms with E-state index in [1.807, 2.05) is 36.6 Å². The maximum atomic E-state index is 5.77. The molecule has 2 aromatic rings. The molecule has 0 saturated carbocycles. The predicted molar refractivity (Wildman–Crippen MR) is 82.9 cm³/mol. The lowest BCUT2D eigenvalue weighted by atomic mass is 9.79. The van der Waals surface area contributed by atoms with E-state index < -0.39 is 0 Å². The summed E-state index contributed by atoms with van der Waals surface area (Å²) < 4.78 is 5.77. The first-order chi connectivity index (χ1) is 9.84. The number of hydrogen-bond donors (Lipinski definition) is 0. The average molecular weight is 264 g/mol. The quantitative estimate of drug-likeness (QED) is 0.702. The minimum Gasteiger partial charge on any atom is -0.465 e. The maximum absolute atomic E-state index is 5.77. The lowest BCUT2D eigenvalue weighted by molar-refractivity contribution is 0.465. The third kappa shape index (κ3) is 2.77. The summed E-state index contributed by atoms with van der Waals surface area (Å²) in [6, 6.07) is 18.8. The molecule has 0 saturated heterocycles. The van der Waals surface area contributed by atoms with E-state index in [2.05, 4.69) is 31.2 Å². The Kier molecular flexibility index (Phi) is 3.87. The van der Waals surface area contributed by atoms with Crippen LogP contribution in [0.2, 0.25) is 0 Å². The van der Waals surface area contributed by atoms with Crippen LogP contribution in [0.4, 0.5) is 0 Å². The Morgan fingerprint density at radius 2 is 1.80 bits per heavy atom. The fraction of sp³-hybridized carbons (Fsp3) is 0.263. The van der Waals surface area contributed by atoms with Gasteiger partial charge in [-0.2, -0.15) is 0 Å². The lowest BCUT2D eigenvalue weighted by Gasteiger charge is -2.26. The summed E-state index contributed by atoms with van der Waals surface area (Å²) in [5.41, 5.74) is 4.28. The normalized spacial score (nSPS) is 18.4. The number of hydrogen-bond acceptors (Lipinski definition) is 1. The Hall–Kier alpha value is -2.02. The van der Waals surface area contributed by atoms with Crippen molar-refractivity contribution in [2.75, 3.05) is 0 Å². The minimum atomic E-state index is 0.503. The van der Waals surface area contributed by atoms with E-state index >= 15 is 0 Å². The van der Waals surface area contributed by atoms with Crippen LogP contribution in [0.25, 0.3) is 0 Å². The van der Waals surface area contributed by atoms with Gasteiger partial charge >= 0.3 is 0 Å². The van der Waals surface area contributed by atoms with Gasteiger partial charge in [0, 0.05) is 5.92 Å². The van der Waals surface area contributed by atoms with Gasteiger partial charge < -0.3 is 4.74 Å². The minimum absolute atomic E-state index is 0.503. The zero-order valence-electron chi connectivity index (χ0n) is 11.9. The van der Waals surface area contributed by atoms with Crippen LogP contribution < -0.4 is 4.74 Å². The van der Waals surface area contributed by atoms with Crippen molar-refractivity contribution < 1.29 is 4.74 Å². The van der Waals surface area contributed by atoms with Crippen molar-refractivity contribution in [2.45, 2.75) is 32.1 Å². The largest absolute Gasteiger partial charge is 0.465 e. The van der Waals surface area contributed by atoms with E-state index in [9.17, 15) is 0 Å². The second-order valence-electron chi connectivity index (χ2n) is 5.44. The number of benzene rings is 2. The van der Waals surface area contributed by atoms with Crippen molar-refractivity contribution >= 4 is 0 Å². The topological polar surface area (TPSA) is 9.23 Å². The first-order valence-electron chi connectivity index (χ1n) is 7.31. The van der Waals surface area contributed by atoms with E-state index in [0.29, 0.717) is 5.92 Å². The van der Waals surface area contributed by atoms with Crippen LogP contribution in [0.3, 0.4) is 0 Å². The van der Waals surface area contributed by atoms with Gasteiger partial charge in [0.1, 0.15) is 5.75 Å². The molecule has 0 spiro atoms. The van der Waals surface area contributed by atoms with Crippen molar-refractivity contribution in [1.82, 2.24) is 0 Å². The van der Waals surface area contributed by atoms with E-state index in [4.69, 9.17) is 4.74 Å². The highest BCUT2D eigenvalue weighted by Gasteiger charge is 2.21. The summed E-state index contributed by atoms with van der Waals surface area (Å²) >= 11 is 0. The molecule has 1 aliphatic rings. The molecule has 0 aromatic heterocycles. The van der Waals surface area contributed by atoms with Crippen molar-refractivity contribution in [1.29, 1.82) is 0 Å². The first-order valence-corrected chi connectivity index (χ1v) is 7.31. The van der Waals surface area contributed by atoms with Gasteiger partial charge in [-0.15, -0.1) is 0 Å². The van der Waals surface area contributed by atoms with Crippen molar-refractivity contribution in [3.05, 3.63) is 77.6 Å². The summed E-state index contributed by atoms with van der Waals surface area (Å²) in [7, 11) is 0. The van der Waals surface area contributed by atoms with Gasteiger partial charge in [-0.05, 0) is 55.0 Å². The monoisotopic (exact) mass is 264 g/mol. The number of ether oxygens (including phenoxy) is 1. The molecule has 20 heavy (non-hydrogen) atoms. The molecule has 1 unspecified atom stereocenters. The van der Waals surface area contributed by atoms with Crippen molar-refractivity contribution in [2.24, 2.45) is 0 Å². The molecule has 0 bridgehead atoms. The zero-order chi connectivity index (χ0) is 13.8. The number of fused-ring (bicyclic) bond motifs is 1. The van der Waals surface area contributed by atoms with Gasteiger partial charge in [-0.3, -0.25) is 0 Å². The predicted octanol–water partition coefficient (Wildman–Crippen LogP) is 5.09. The van der Waals surface area contributed by atoms with Crippen LogP contribution in [-0.2, 0) is 6.42 Å². The van der Waals surface area contributed by atoms with Gasteiger partial charge in [0.25, 0.3) is 0 Å². The summed E-state index contributed by atoms with van der Waals surface area (Å²) in [5, 5.41) is 0. The average Bonchev–Trinajstić information content (AvgIpc) is 2.53. The zero-order valence-corrected chi connectivity index (χ0v) is 11.9. The molecule has 0 aliphatic heterocycles. The third-order valence-electron chi connectivity index (χ3n) is 4.04. The molecule has 2 aromatic carbocycles. The van der Waals surface area contributed by atoms with Gasteiger partial charge in [-0.1, -0.05) is 42.5 Å². The molecular formula is C19H20O. The molecule has 102 valence electrons. The Bertz CT molecular complexity index is 598. The second kappa shape index (κ2) is 5.96. The van der Waals surface area contributed by atoms with Crippen LogP contribution >= 0.6 is 0 Å². The van der Waals surface area contributed by atoms with Gasteiger partial charge in [0.05, 0.1) is 6.26 Å². The first kappa shape index (κ1) is 13.0. The fourth-order valence-corrected chi connectivity index (χ4v) is 2.97. The SMILES string of the molecule is CC(=COc1ccccc1)C1CCCc2ccccc21. The lowest BCUT2D eigenvalue weighted by Crippen LogP contribution is -2.11. The van der Waals surface area contributed by atoms with Gasteiger partial charge in [0.2, 0.25) is 0 Å². The molecule has 1 atom stereocenters. The molecule has 0 amide bonds. The van der Waals surface area contributed by atoms with Gasteiger partial charge in [-0.25, -0.2) is 0 Å². The highest BCUT2D eigenvalue weighted by Crippen LogP contribution is 2.36. The summed E-state index contributed by atoms with van der Waals surface area (Å²) in [6.07, 6.45) is 5.61. The third-order valence-corrected chi connectivity index (χ3v) is 4.04. The maximum Gasteiger partial charge on any atom is 0.126 e. The fourth-order valence-electron chi connectivity index (χ4n) is 2.97. The molecule has 0 fully saturated rings. The Morgan fingerprint density at radius 1 is 1.05 bits per heavy atom. The highest BCUT2D eigenvalue weighted by atomic mass is 16.5. The molecule has 1 heteroatoms. The Balaban J connectivity index is 1.79. The van der Waals surface area contributed by atoms with E-state index in [1.54, 1.807) is 0 Å². The molecule has 0 radical (unpaired) electrons. The molecule has 0 heterocycles. The second-order valence-corrected chi connectivity index (χ2v) is 5.44. The molecule has 1 aliphatic carbocycles. The summed E-state index contributed by atoms with van der Waals surface area (Å²) in [6.45, 7) is 2.18. The highest BCUT2D eigenvalue weighted by molar-refractivity contribution is 5.37. The van der Waals surface area contributed by atoms with Crippen LogP contribution in [0.1, 0.15) is 36.8 Å². The Morgan fingerprint density at radius 3 is 2.65 bits per heavy atom. The van der Waals surface area contributed by atoms with E-state index in [1.165, 1.54) is 36.0 Å². The number of para-hydroxylation sites is 1. The summed E-state index contributed by atoms with van der Waals surface area (Å²) in [4.78, 5) is 0. The molecule has 1 nitrogen and oxygen atoms in total. The molecular weight excluding hydrogens is 244 g/mol. The molecule has 3 rings (SSSR count). The number of aryl methyl sites for hydroxylation is 1. The molecule has 0 N–H and O–H groups in total. The Labute approximate surface area is 120 Å². The van der Waals surface area contributed by atoms with Crippen LogP contribution in [0.5, 0.6) is 5.75 Å². The van der Waals surface area contributed by atoms with E-state index in [-0.39, 0.29) is 0 Å². The van der Waals surface area contributed by atoms with Crippen LogP contribution in [-0.4, -0.2) is 0 Å². The number of allylic oxidation sites excluding steroid dienone is 1. The van der Waals surface area contributed by atoms with Gasteiger partial charge in [0.15, 0.2) is 0 Å². The smallest absolute Gasteiger partial charge is 0.126 e. The number of rotatable bonds is 3.